The van der Waals surface area contributed by atoms with Crippen LogP contribution in [0.2, 0.25) is 0 Å². The number of ether oxygens (including phenoxy) is 1. The fourth-order valence-electron chi connectivity index (χ4n) is 3.87. The molecule has 2 aromatic rings. The molecular weight excluding hydrogens is 310 g/mol. The fraction of sp³-hybridized carbons (Fsp3) is 0.625. The Morgan fingerprint density at radius 3 is 3.00 bits per heavy atom. The van der Waals surface area contributed by atoms with Crippen LogP contribution in [-0.4, -0.2) is 57.1 Å². The average molecular weight is 329 g/mol. The van der Waals surface area contributed by atoms with Gasteiger partial charge in [-0.2, -0.15) is 5.10 Å². The minimum Gasteiger partial charge on any atom is -0.424 e. The highest BCUT2D eigenvalue weighted by Gasteiger charge is 2.56. The van der Waals surface area contributed by atoms with E-state index in [9.17, 15) is 4.79 Å². The van der Waals surface area contributed by atoms with Crippen molar-refractivity contribution in [3.05, 3.63) is 29.7 Å². The summed E-state index contributed by atoms with van der Waals surface area (Å²) < 4.78 is 13.3. The van der Waals surface area contributed by atoms with Crippen LogP contribution in [0.15, 0.2) is 16.7 Å². The first-order valence-electron chi connectivity index (χ1n) is 8.36. The SMILES string of the molecule is Cn1nccc1C(=O)N1C[C@@H]2COC[C@]2(c2nnc(C3CC3)o2)C1. The molecule has 0 bridgehead atoms. The number of aryl methyl sites for hydroxylation is 1. The lowest BCUT2D eigenvalue weighted by Crippen LogP contribution is -2.38. The first kappa shape index (κ1) is 14.2. The van der Waals surface area contributed by atoms with E-state index in [1.54, 1.807) is 24.0 Å². The van der Waals surface area contributed by atoms with E-state index < -0.39 is 0 Å². The topological polar surface area (TPSA) is 86.3 Å². The molecule has 0 aromatic carbocycles. The van der Waals surface area contributed by atoms with Gasteiger partial charge in [-0.1, -0.05) is 0 Å². The molecule has 0 N–H and O–H groups in total. The average Bonchev–Trinajstić information content (AvgIpc) is 2.97. The van der Waals surface area contributed by atoms with Gasteiger partial charge in [-0.15, -0.1) is 10.2 Å². The lowest BCUT2D eigenvalue weighted by Gasteiger charge is -2.22. The quantitative estimate of drug-likeness (QED) is 0.825. The van der Waals surface area contributed by atoms with Crippen LogP contribution in [0.5, 0.6) is 0 Å². The van der Waals surface area contributed by atoms with Gasteiger partial charge in [0.15, 0.2) is 0 Å². The summed E-state index contributed by atoms with van der Waals surface area (Å²) in [6.45, 7) is 2.34. The van der Waals surface area contributed by atoms with Crippen molar-refractivity contribution in [2.24, 2.45) is 13.0 Å². The van der Waals surface area contributed by atoms with E-state index in [2.05, 4.69) is 15.3 Å². The van der Waals surface area contributed by atoms with Crippen LogP contribution < -0.4 is 0 Å². The molecule has 4 heterocycles. The molecule has 0 radical (unpaired) electrons. The van der Waals surface area contributed by atoms with Crippen LogP contribution >= 0.6 is 0 Å². The maximum Gasteiger partial charge on any atom is 0.272 e. The van der Waals surface area contributed by atoms with Crippen molar-refractivity contribution in [3.63, 3.8) is 0 Å². The largest absolute Gasteiger partial charge is 0.424 e. The number of carbonyl (C=O) groups is 1. The third-order valence-electron chi connectivity index (χ3n) is 5.49. The summed E-state index contributed by atoms with van der Waals surface area (Å²) in [5, 5.41) is 12.6. The zero-order valence-corrected chi connectivity index (χ0v) is 13.5. The Morgan fingerprint density at radius 1 is 1.38 bits per heavy atom. The van der Waals surface area contributed by atoms with Gasteiger partial charge < -0.3 is 14.1 Å². The predicted molar refractivity (Wildman–Crippen MR) is 81.4 cm³/mol. The van der Waals surface area contributed by atoms with Crippen molar-refractivity contribution >= 4 is 5.91 Å². The number of rotatable bonds is 3. The van der Waals surface area contributed by atoms with E-state index in [4.69, 9.17) is 9.15 Å². The summed E-state index contributed by atoms with van der Waals surface area (Å²) in [4.78, 5) is 14.7. The lowest BCUT2D eigenvalue weighted by molar-refractivity contribution is 0.0727. The number of hydrogen-bond acceptors (Lipinski definition) is 6. The van der Waals surface area contributed by atoms with Gasteiger partial charge in [0.2, 0.25) is 11.8 Å². The second-order valence-electron chi connectivity index (χ2n) is 7.11. The molecule has 0 unspecified atom stereocenters. The maximum absolute atomic E-state index is 12.8. The molecule has 2 saturated heterocycles. The van der Waals surface area contributed by atoms with Crippen molar-refractivity contribution in [2.75, 3.05) is 26.3 Å². The zero-order chi connectivity index (χ0) is 16.3. The molecule has 2 aliphatic heterocycles. The zero-order valence-electron chi connectivity index (χ0n) is 13.5. The van der Waals surface area contributed by atoms with E-state index in [0.717, 1.165) is 18.7 Å². The van der Waals surface area contributed by atoms with Gasteiger partial charge >= 0.3 is 0 Å². The molecule has 5 rings (SSSR count). The van der Waals surface area contributed by atoms with Crippen molar-refractivity contribution < 1.29 is 13.9 Å². The third kappa shape index (κ3) is 1.95. The summed E-state index contributed by atoms with van der Waals surface area (Å²) in [6.07, 6.45) is 3.89. The molecule has 8 nitrogen and oxygen atoms in total. The summed E-state index contributed by atoms with van der Waals surface area (Å²) in [5.74, 6) is 1.98. The molecule has 1 aliphatic carbocycles. The van der Waals surface area contributed by atoms with Crippen LogP contribution in [0.4, 0.5) is 0 Å². The molecule has 3 aliphatic rings. The Morgan fingerprint density at radius 2 is 2.25 bits per heavy atom. The van der Waals surface area contributed by atoms with Gasteiger partial charge in [-0.25, -0.2) is 0 Å². The molecule has 126 valence electrons. The smallest absolute Gasteiger partial charge is 0.272 e. The van der Waals surface area contributed by atoms with Crippen LogP contribution in [0.1, 0.15) is 41.0 Å². The lowest BCUT2D eigenvalue weighted by atomic mass is 9.81. The number of nitrogens with zero attached hydrogens (tertiary/aromatic N) is 5. The molecule has 2 atom stereocenters. The highest BCUT2D eigenvalue weighted by Crippen LogP contribution is 2.46. The molecule has 8 heteroatoms. The van der Waals surface area contributed by atoms with Gasteiger partial charge in [-0.3, -0.25) is 9.48 Å². The normalized spacial score (nSPS) is 29.2. The molecule has 1 saturated carbocycles. The van der Waals surface area contributed by atoms with Gasteiger partial charge in [0.25, 0.3) is 5.91 Å². The van der Waals surface area contributed by atoms with E-state index in [0.29, 0.717) is 43.8 Å². The summed E-state index contributed by atoms with van der Waals surface area (Å²) in [6, 6.07) is 1.75. The van der Waals surface area contributed by atoms with Crippen molar-refractivity contribution in [3.8, 4) is 0 Å². The summed E-state index contributed by atoms with van der Waals surface area (Å²) >= 11 is 0. The highest BCUT2D eigenvalue weighted by atomic mass is 16.5. The molecule has 1 amide bonds. The number of amides is 1. The minimum absolute atomic E-state index is 0.00860. The van der Waals surface area contributed by atoms with Crippen LogP contribution in [0.25, 0.3) is 0 Å². The second kappa shape index (κ2) is 4.89. The Balaban J connectivity index is 1.45. The third-order valence-corrected chi connectivity index (χ3v) is 5.49. The van der Waals surface area contributed by atoms with Crippen molar-refractivity contribution in [1.29, 1.82) is 0 Å². The van der Waals surface area contributed by atoms with Gasteiger partial charge in [0, 0.05) is 38.2 Å². The number of likely N-dealkylation sites (tertiary alicyclic amines) is 1. The number of hydrogen-bond donors (Lipinski definition) is 0. The van der Waals surface area contributed by atoms with Crippen LogP contribution in [0, 0.1) is 5.92 Å². The number of carbonyl (C=O) groups excluding carboxylic acids is 1. The minimum atomic E-state index is -0.367. The van der Waals surface area contributed by atoms with E-state index in [1.165, 1.54) is 0 Å². The molecular formula is C16H19N5O3. The molecule has 0 spiro atoms. The maximum atomic E-state index is 12.8. The first-order valence-corrected chi connectivity index (χ1v) is 8.36. The van der Waals surface area contributed by atoms with Crippen LogP contribution in [-0.2, 0) is 17.2 Å². The van der Waals surface area contributed by atoms with E-state index in [-0.39, 0.29) is 17.2 Å². The van der Waals surface area contributed by atoms with E-state index in [1.807, 2.05) is 4.90 Å². The highest BCUT2D eigenvalue weighted by molar-refractivity contribution is 5.92. The van der Waals surface area contributed by atoms with E-state index >= 15 is 0 Å². The van der Waals surface area contributed by atoms with Gasteiger partial charge in [0.05, 0.1) is 18.6 Å². The summed E-state index contributed by atoms with van der Waals surface area (Å²) in [7, 11) is 1.78. The fourth-order valence-corrected chi connectivity index (χ4v) is 3.87. The van der Waals surface area contributed by atoms with Crippen LogP contribution in [0.3, 0.4) is 0 Å². The Kier molecular flexibility index (Phi) is 2.88. The molecule has 3 fully saturated rings. The van der Waals surface area contributed by atoms with Crippen molar-refractivity contribution in [2.45, 2.75) is 24.2 Å². The summed E-state index contributed by atoms with van der Waals surface area (Å²) in [5.41, 5.74) is 0.226. The van der Waals surface area contributed by atoms with Crippen molar-refractivity contribution in [1.82, 2.24) is 24.9 Å². The Labute approximate surface area is 138 Å². The predicted octanol–water partition coefficient (Wildman–Crippen LogP) is 0.721. The monoisotopic (exact) mass is 329 g/mol. The van der Waals surface area contributed by atoms with Gasteiger partial charge in [0.1, 0.15) is 5.69 Å². The number of aromatic nitrogens is 4. The Bertz CT molecular complexity index is 795. The molecule has 2 aromatic heterocycles. The standard InChI is InChI=1S/C16H19N5O3/c1-20-12(4-5-17-20)14(22)21-6-11-7-23-9-16(11,8-21)15-19-18-13(24-15)10-2-3-10/h4-5,10-11H,2-3,6-9H2,1H3/t11-,16-/m1/s1. The van der Waals surface area contributed by atoms with Gasteiger partial charge in [-0.05, 0) is 18.9 Å². The second-order valence-corrected chi connectivity index (χ2v) is 7.11. The Hall–Kier alpha value is -2.22. The molecule has 24 heavy (non-hydrogen) atoms. The first-order chi connectivity index (χ1) is 11.7. The number of fused-ring (bicyclic) bond motifs is 1.